The van der Waals surface area contributed by atoms with Crippen molar-refractivity contribution in [1.82, 2.24) is 5.32 Å². The van der Waals surface area contributed by atoms with Crippen molar-refractivity contribution in [3.8, 4) is 6.07 Å². The van der Waals surface area contributed by atoms with Gasteiger partial charge in [-0.3, -0.25) is 4.79 Å². The second-order valence-corrected chi connectivity index (χ2v) is 5.23. The van der Waals surface area contributed by atoms with E-state index in [-0.39, 0.29) is 11.9 Å². The summed E-state index contributed by atoms with van der Waals surface area (Å²) in [5.41, 5.74) is 0.149. The lowest BCUT2D eigenvalue weighted by Gasteiger charge is -2.34. The maximum atomic E-state index is 12.1. The molecule has 1 N–H and O–H groups in total. The first-order chi connectivity index (χ1) is 8.57. The first kappa shape index (κ1) is 12.9. The summed E-state index contributed by atoms with van der Waals surface area (Å²) in [5.74, 6) is -0.163. The van der Waals surface area contributed by atoms with E-state index in [4.69, 9.17) is 16.9 Å². The van der Waals surface area contributed by atoms with Gasteiger partial charge in [0.25, 0.3) is 0 Å². The molecule has 1 aliphatic carbocycles. The Morgan fingerprint density at radius 1 is 1.56 bits per heavy atom. The molecule has 0 spiro atoms. The highest BCUT2D eigenvalue weighted by Gasteiger charge is 2.44. The van der Waals surface area contributed by atoms with Crippen LogP contribution >= 0.6 is 11.6 Å². The number of nitrogens with one attached hydrogen (secondary N) is 1. The lowest BCUT2D eigenvalue weighted by molar-refractivity contribution is -0.132. The van der Waals surface area contributed by atoms with Gasteiger partial charge in [-0.2, -0.15) is 5.26 Å². The van der Waals surface area contributed by atoms with Crippen molar-refractivity contribution in [2.24, 2.45) is 5.41 Å². The molecule has 4 heteroatoms. The van der Waals surface area contributed by atoms with Gasteiger partial charge in [-0.05, 0) is 43.9 Å². The van der Waals surface area contributed by atoms with Crippen molar-refractivity contribution in [2.75, 3.05) is 0 Å². The Balaban J connectivity index is 2.06. The van der Waals surface area contributed by atoms with Gasteiger partial charge in [-0.15, -0.1) is 0 Å². The molecule has 1 aromatic rings. The van der Waals surface area contributed by atoms with Crippen LogP contribution in [0.2, 0.25) is 5.02 Å². The number of carbonyl (C=O) groups excluding carboxylic acids is 1. The Morgan fingerprint density at radius 3 is 2.78 bits per heavy atom. The molecule has 1 aliphatic rings. The molecule has 1 atom stereocenters. The van der Waals surface area contributed by atoms with Gasteiger partial charge in [0.2, 0.25) is 5.91 Å². The standard InChI is InChI=1S/C14H15ClN2O/c1-10(11-4-2-5-12(15)8-11)17-13(18)14(9-16)6-3-7-14/h2,4-5,8,10H,3,6-7H2,1H3,(H,17,18). The molecule has 0 aromatic heterocycles. The SMILES string of the molecule is CC(NC(=O)C1(C#N)CCC1)c1cccc(Cl)c1. The number of benzene rings is 1. The fourth-order valence-corrected chi connectivity index (χ4v) is 2.31. The summed E-state index contributed by atoms with van der Waals surface area (Å²) >= 11 is 5.92. The molecule has 0 saturated heterocycles. The first-order valence-electron chi connectivity index (χ1n) is 6.05. The normalized spacial score (nSPS) is 18.3. The fourth-order valence-electron chi connectivity index (χ4n) is 2.11. The van der Waals surface area contributed by atoms with Crippen LogP contribution in [0.25, 0.3) is 0 Å². The lowest BCUT2D eigenvalue weighted by atomic mass is 9.69. The molecule has 1 aromatic carbocycles. The predicted octanol–water partition coefficient (Wildman–Crippen LogP) is 3.21. The van der Waals surface area contributed by atoms with E-state index in [1.807, 2.05) is 25.1 Å². The zero-order valence-electron chi connectivity index (χ0n) is 10.2. The highest BCUT2D eigenvalue weighted by molar-refractivity contribution is 6.30. The largest absolute Gasteiger partial charge is 0.348 e. The van der Waals surface area contributed by atoms with Crippen molar-refractivity contribution in [1.29, 1.82) is 5.26 Å². The average Bonchev–Trinajstić information content (AvgIpc) is 2.28. The van der Waals surface area contributed by atoms with Gasteiger partial charge in [-0.1, -0.05) is 23.7 Å². The number of rotatable bonds is 3. The zero-order valence-corrected chi connectivity index (χ0v) is 11.0. The Kier molecular flexibility index (Phi) is 3.58. The Morgan fingerprint density at radius 2 is 2.28 bits per heavy atom. The molecule has 1 amide bonds. The molecule has 0 heterocycles. The van der Waals surface area contributed by atoms with Gasteiger partial charge in [0, 0.05) is 5.02 Å². The fraction of sp³-hybridized carbons (Fsp3) is 0.429. The molecule has 1 unspecified atom stereocenters. The van der Waals surface area contributed by atoms with E-state index in [1.54, 1.807) is 6.07 Å². The van der Waals surface area contributed by atoms with E-state index in [0.717, 1.165) is 12.0 Å². The third kappa shape index (κ3) is 2.34. The topological polar surface area (TPSA) is 52.9 Å². The summed E-state index contributed by atoms with van der Waals surface area (Å²) in [6, 6.07) is 9.39. The van der Waals surface area contributed by atoms with Crippen LogP contribution in [-0.4, -0.2) is 5.91 Å². The smallest absolute Gasteiger partial charge is 0.240 e. The number of halogens is 1. The summed E-state index contributed by atoms with van der Waals surface area (Å²) in [4.78, 5) is 12.1. The van der Waals surface area contributed by atoms with Crippen molar-refractivity contribution >= 4 is 17.5 Å². The molecule has 0 radical (unpaired) electrons. The highest BCUT2D eigenvalue weighted by Crippen LogP contribution is 2.40. The van der Waals surface area contributed by atoms with Crippen LogP contribution in [0.4, 0.5) is 0 Å². The van der Waals surface area contributed by atoms with Gasteiger partial charge < -0.3 is 5.32 Å². The Hall–Kier alpha value is -1.53. The minimum atomic E-state index is -0.799. The van der Waals surface area contributed by atoms with Crippen LogP contribution in [0.3, 0.4) is 0 Å². The second kappa shape index (κ2) is 4.99. The molecule has 2 rings (SSSR count). The van der Waals surface area contributed by atoms with Crippen molar-refractivity contribution in [3.63, 3.8) is 0 Å². The van der Waals surface area contributed by atoms with Gasteiger partial charge in [-0.25, -0.2) is 0 Å². The van der Waals surface area contributed by atoms with Gasteiger partial charge >= 0.3 is 0 Å². The third-order valence-corrected chi connectivity index (χ3v) is 3.79. The van der Waals surface area contributed by atoms with Crippen LogP contribution in [0, 0.1) is 16.7 Å². The molecule has 94 valence electrons. The molecule has 1 fully saturated rings. The zero-order chi connectivity index (χ0) is 13.2. The van der Waals surface area contributed by atoms with Crippen LogP contribution in [0.1, 0.15) is 37.8 Å². The Labute approximate surface area is 112 Å². The molecule has 3 nitrogen and oxygen atoms in total. The number of nitrogens with zero attached hydrogens (tertiary/aromatic N) is 1. The molecule has 18 heavy (non-hydrogen) atoms. The van der Waals surface area contributed by atoms with E-state index in [9.17, 15) is 4.79 Å². The van der Waals surface area contributed by atoms with E-state index < -0.39 is 5.41 Å². The van der Waals surface area contributed by atoms with Gasteiger partial charge in [0.05, 0.1) is 12.1 Å². The van der Waals surface area contributed by atoms with Crippen LogP contribution in [0.15, 0.2) is 24.3 Å². The minimum absolute atomic E-state index is 0.137. The molecule has 0 bridgehead atoms. The predicted molar refractivity (Wildman–Crippen MR) is 69.9 cm³/mol. The van der Waals surface area contributed by atoms with Crippen LogP contribution < -0.4 is 5.32 Å². The Bertz CT molecular complexity index is 503. The van der Waals surface area contributed by atoms with Crippen LogP contribution in [0.5, 0.6) is 0 Å². The lowest BCUT2D eigenvalue weighted by Crippen LogP contribution is -2.45. The first-order valence-corrected chi connectivity index (χ1v) is 6.43. The third-order valence-electron chi connectivity index (χ3n) is 3.55. The summed E-state index contributed by atoms with van der Waals surface area (Å²) < 4.78 is 0. The number of amides is 1. The number of hydrogen-bond donors (Lipinski definition) is 1. The summed E-state index contributed by atoms with van der Waals surface area (Å²) in [5, 5.41) is 12.6. The monoisotopic (exact) mass is 262 g/mol. The summed E-state index contributed by atoms with van der Waals surface area (Å²) in [6.45, 7) is 1.90. The molecule has 1 saturated carbocycles. The van der Waals surface area contributed by atoms with E-state index >= 15 is 0 Å². The van der Waals surface area contributed by atoms with E-state index in [2.05, 4.69) is 11.4 Å². The molecular formula is C14H15ClN2O. The maximum Gasteiger partial charge on any atom is 0.240 e. The van der Waals surface area contributed by atoms with E-state index in [1.165, 1.54) is 0 Å². The average molecular weight is 263 g/mol. The molecular weight excluding hydrogens is 248 g/mol. The number of nitriles is 1. The molecule has 0 aliphatic heterocycles. The van der Waals surface area contributed by atoms with Gasteiger partial charge in [0.1, 0.15) is 5.41 Å². The van der Waals surface area contributed by atoms with Gasteiger partial charge in [0.15, 0.2) is 0 Å². The number of hydrogen-bond acceptors (Lipinski definition) is 2. The summed E-state index contributed by atoms with van der Waals surface area (Å²) in [7, 11) is 0. The second-order valence-electron chi connectivity index (χ2n) is 4.80. The summed E-state index contributed by atoms with van der Waals surface area (Å²) in [6.07, 6.45) is 2.28. The maximum absolute atomic E-state index is 12.1. The van der Waals surface area contributed by atoms with Crippen molar-refractivity contribution < 1.29 is 4.79 Å². The minimum Gasteiger partial charge on any atom is -0.348 e. The van der Waals surface area contributed by atoms with Crippen molar-refractivity contribution in [3.05, 3.63) is 34.9 Å². The van der Waals surface area contributed by atoms with Crippen molar-refractivity contribution in [2.45, 2.75) is 32.2 Å². The van der Waals surface area contributed by atoms with Crippen LogP contribution in [-0.2, 0) is 4.79 Å². The van der Waals surface area contributed by atoms with E-state index in [0.29, 0.717) is 17.9 Å². The quantitative estimate of drug-likeness (QED) is 0.909. The number of carbonyl (C=O) groups is 1. The highest BCUT2D eigenvalue weighted by atomic mass is 35.5.